The van der Waals surface area contributed by atoms with Crippen molar-refractivity contribution in [3.63, 3.8) is 0 Å². The zero-order valence-electron chi connectivity index (χ0n) is 19.7. The van der Waals surface area contributed by atoms with E-state index >= 15 is 0 Å². The molecule has 3 aliphatic carbocycles. The Labute approximate surface area is 192 Å². The van der Waals surface area contributed by atoms with Gasteiger partial charge in [0.25, 0.3) is 0 Å². The Hall–Kier alpha value is -1.99. The minimum Gasteiger partial charge on any atom is -0.472 e. The molecule has 0 bridgehead atoms. The lowest BCUT2D eigenvalue weighted by atomic mass is 9.35. The first kappa shape index (κ1) is 20.4. The Morgan fingerprint density at radius 2 is 1.76 bits per heavy atom. The zero-order valence-corrected chi connectivity index (χ0v) is 19.7. The Bertz CT molecular complexity index is 1120. The van der Waals surface area contributed by atoms with Crippen molar-refractivity contribution in [2.45, 2.75) is 83.9 Å². The number of rotatable bonds is 1. The highest BCUT2D eigenvalue weighted by Crippen LogP contribution is 2.80. The van der Waals surface area contributed by atoms with Crippen LogP contribution < -0.4 is 0 Å². The molecule has 0 radical (unpaired) electrons. The van der Waals surface area contributed by atoms with Gasteiger partial charge in [-0.25, -0.2) is 4.79 Å². The molecule has 3 aliphatic heterocycles. The van der Waals surface area contributed by atoms with Crippen LogP contribution in [0.3, 0.4) is 0 Å². The van der Waals surface area contributed by atoms with E-state index in [9.17, 15) is 14.4 Å². The molecule has 0 N–H and O–H groups in total. The molecular formula is C26H30O7. The molecular weight excluding hydrogens is 424 g/mol. The smallest absolute Gasteiger partial charge is 0.339 e. The summed E-state index contributed by atoms with van der Waals surface area (Å²) in [4.78, 5) is 40.3. The fraction of sp³-hybridized carbons (Fsp3) is 0.731. The van der Waals surface area contributed by atoms with E-state index in [4.69, 9.17) is 18.6 Å². The van der Waals surface area contributed by atoms with Crippen LogP contribution in [0.4, 0.5) is 0 Å². The first-order chi connectivity index (χ1) is 15.5. The van der Waals surface area contributed by atoms with Crippen molar-refractivity contribution < 1.29 is 33.0 Å². The summed E-state index contributed by atoms with van der Waals surface area (Å²) in [5, 5.41) is 0. The van der Waals surface area contributed by atoms with E-state index in [1.807, 2.05) is 26.8 Å². The molecule has 7 heteroatoms. The standard InChI is InChI=1S/C26H30O7/c1-22(2)14-10-15(27)25(5)13(24(14,4)19-16(31-19)17(22)28)6-8-23(3)18(12-7-9-30-11-12)32-21(29)20-26(23,25)33-20/h7,9,11,13-14,16,18-20H,6,8,10H2,1-5H3/t13?,14?,16-,18-,19-,20+,23-,24+,25-,26+/m0/s1. The predicted molar refractivity (Wildman–Crippen MR) is 113 cm³/mol. The van der Waals surface area contributed by atoms with E-state index in [1.165, 1.54) is 0 Å². The third-order valence-corrected chi connectivity index (χ3v) is 11.1. The maximum absolute atomic E-state index is 14.2. The van der Waals surface area contributed by atoms with Gasteiger partial charge in [-0.2, -0.15) is 0 Å². The summed E-state index contributed by atoms with van der Waals surface area (Å²) in [5.41, 5.74) is -2.54. The topological polar surface area (TPSA) is 98.6 Å². The van der Waals surface area contributed by atoms with Gasteiger partial charge in [-0.05, 0) is 37.7 Å². The van der Waals surface area contributed by atoms with Gasteiger partial charge in [-0.3, -0.25) is 9.59 Å². The first-order valence-electron chi connectivity index (χ1n) is 12.1. The Balaban J connectivity index is 1.40. The minimum atomic E-state index is -0.929. The van der Waals surface area contributed by atoms with Gasteiger partial charge in [0.05, 0.1) is 24.0 Å². The summed E-state index contributed by atoms with van der Waals surface area (Å²) < 4.78 is 23.6. The van der Waals surface area contributed by atoms with Gasteiger partial charge in [-0.1, -0.05) is 27.7 Å². The number of furan rings is 1. The van der Waals surface area contributed by atoms with Crippen LogP contribution >= 0.6 is 0 Å². The number of fused-ring (bicyclic) bond motifs is 5. The van der Waals surface area contributed by atoms with E-state index in [-0.39, 0.29) is 41.0 Å². The van der Waals surface area contributed by atoms with Crippen molar-refractivity contribution >= 4 is 17.5 Å². The maximum Gasteiger partial charge on any atom is 0.339 e. The summed E-state index contributed by atoms with van der Waals surface area (Å²) in [6.07, 6.45) is 3.20. The summed E-state index contributed by atoms with van der Waals surface area (Å²) in [6, 6.07) is 1.83. The second-order valence-corrected chi connectivity index (χ2v) is 12.4. The van der Waals surface area contributed by atoms with Crippen LogP contribution in [0, 0.1) is 33.5 Å². The average Bonchev–Trinajstić information content (AvgIpc) is 3.66. The fourth-order valence-electron chi connectivity index (χ4n) is 9.41. The van der Waals surface area contributed by atoms with Gasteiger partial charge in [0.15, 0.2) is 11.9 Å². The van der Waals surface area contributed by atoms with Gasteiger partial charge >= 0.3 is 5.97 Å². The van der Waals surface area contributed by atoms with Crippen molar-refractivity contribution in [3.05, 3.63) is 24.2 Å². The molecule has 0 aromatic carbocycles. The monoisotopic (exact) mass is 454 g/mol. The van der Waals surface area contributed by atoms with E-state index in [0.717, 1.165) is 18.4 Å². The molecule has 0 amide bonds. The lowest BCUT2D eigenvalue weighted by Gasteiger charge is -2.66. The van der Waals surface area contributed by atoms with E-state index in [2.05, 4.69) is 13.8 Å². The van der Waals surface area contributed by atoms with Crippen molar-refractivity contribution in [3.8, 4) is 0 Å². The van der Waals surface area contributed by atoms with Crippen LogP contribution in [0.5, 0.6) is 0 Å². The van der Waals surface area contributed by atoms with Crippen LogP contribution in [0.15, 0.2) is 23.0 Å². The molecule has 10 atom stereocenters. The molecule has 176 valence electrons. The SMILES string of the molecule is CC1(C)C(=O)[C@@H]2O[C@@H]2[C@@]2(C)C1CC(=O)[C@]1(C)C2CC[C@@]2(C)[C@H](c3ccoc3)OC(=O)[C@H]3O[C@]321. The van der Waals surface area contributed by atoms with Gasteiger partial charge in [0.1, 0.15) is 23.6 Å². The normalized spacial score (nSPS) is 55.4. The van der Waals surface area contributed by atoms with E-state index in [0.29, 0.717) is 6.42 Å². The number of hydrogen-bond acceptors (Lipinski definition) is 7. The van der Waals surface area contributed by atoms with Gasteiger partial charge < -0.3 is 18.6 Å². The lowest BCUT2D eigenvalue weighted by Crippen LogP contribution is -2.73. The Kier molecular flexibility index (Phi) is 3.37. The van der Waals surface area contributed by atoms with Crippen molar-refractivity contribution in [2.75, 3.05) is 0 Å². The molecule has 6 fully saturated rings. The predicted octanol–water partition coefficient (Wildman–Crippen LogP) is 3.41. The average molecular weight is 455 g/mol. The molecule has 7 rings (SSSR count). The number of ether oxygens (including phenoxy) is 3. The van der Waals surface area contributed by atoms with Crippen LogP contribution in [-0.4, -0.2) is 41.4 Å². The quantitative estimate of drug-likeness (QED) is 0.474. The second-order valence-electron chi connectivity index (χ2n) is 12.4. The van der Waals surface area contributed by atoms with Crippen molar-refractivity contribution in [1.29, 1.82) is 0 Å². The lowest BCUT2D eigenvalue weighted by molar-refractivity contribution is -0.219. The molecule has 1 aromatic heterocycles. The maximum atomic E-state index is 14.2. The number of carbonyl (C=O) groups excluding carboxylic acids is 3. The summed E-state index contributed by atoms with van der Waals surface area (Å²) in [6.45, 7) is 10.3. The van der Waals surface area contributed by atoms with Gasteiger partial charge in [0, 0.05) is 28.2 Å². The molecule has 4 heterocycles. The van der Waals surface area contributed by atoms with E-state index in [1.54, 1.807) is 12.5 Å². The summed E-state index contributed by atoms with van der Waals surface area (Å²) in [7, 11) is 0. The van der Waals surface area contributed by atoms with Gasteiger partial charge in [-0.15, -0.1) is 0 Å². The summed E-state index contributed by atoms with van der Waals surface area (Å²) in [5.74, 6) is -0.325. The number of hydrogen-bond donors (Lipinski definition) is 0. The molecule has 6 aliphatic rings. The largest absolute Gasteiger partial charge is 0.472 e. The van der Waals surface area contributed by atoms with Gasteiger partial charge in [0.2, 0.25) is 0 Å². The van der Waals surface area contributed by atoms with Crippen molar-refractivity contribution in [1.82, 2.24) is 0 Å². The number of epoxide rings is 2. The molecule has 33 heavy (non-hydrogen) atoms. The Morgan fingerprint density at radius 1 is 1.00 bits per heavy atom. The number of carbonyl (C=O) groups is 3. The zero-order chi connectivity index (χ0) is 23.3. The number of esters is 1. The molecule has 1 aromatic rings. The minimum absolute atomic E-state index is 0.0485. The molecule has 3 saturated carbocycles. The second kappa shape index (κ2) is 5.46. The van der Waals surface area contributed by atoms with Crippen LogP contribution in [0.1, 0.15) is 65.5 Å². The highest BCUT2D eigenvalue weighted by molar-refractivity contribution is 5.97. The van der Waals surface area contributed by atoms with E-state index < -0.39 is 40.0 Å². The number of cyclic esters (lactones) is 1. The molecule has 2 unspecified atom stereocenters. The third kappa shape index (κ3) is 1.88. The Morgan fingerprint density at radius 3 is 2.45 bits per heavy atom. The highest BCUT2D eigenvalue weighted by Gasteiger charge is 2.89. The number of ketones is 2. The van der Waals surface area contributed by atoms with Crippen LogP contribution in [0.2, 0.25) is 0 Å². The fourth-order valence-corrected chi connectivity index (χ4v) is 9.41. The summed E-state index contributed by atoms with van der Waals surface area (Å²) >= 11 is 0. The molecule has 3 saturated heterocycles. The van der Waals surface area contributed by atoms with Crippen molar-refractivity contribution in [2.24, 2.45) is 33.5 Å². The molecule has 1 spiro atoms. The highest BCUT2D eigenvalue weighted by atomic mass is 16.7. The third-order valence-electron chi connectivity index (χ3n) is 11.1. The van der Waals surface area contributed by atoms with Crippen LogP contribution in [0.25, 0.3) is 0 Å². The number of Topliss-reactive ketones (excluding diaryl/α,β-unsaturated/α-hetero) is 2. The van der Waals surface area contributed by atoms with Crippen LogP contribution in [-0.2, 0) is 28.6 Å². The first-order valence-corrected chi connectivity index (χ1v) is 12.1. The molecule has 7 nitrogen and oxygen atoms in total.